The highest BCUT2D eigenvalue weighted by atomic mass is 16.5. The van der Waals surface area contributed by atoms with Gasteiger partial charge in [-0.05, 0) is 50.2 Å². The number of hydrogen-bond acceptors (Lipinski definition) is 9. The number of carbonyl (C=O) groups excluding carboxylic acids is 2. The lowest BCUT2D eigenvalue weighted by molar-refractivity contribution is -0.123. The van der Waals surface area contributed by atoms with Crippen molar-refractivity contribution < 1.29 is 18.8 Å². The summed E-state index contributed by atoms with van der Waals surface area (Å²) >= 11 is 0. The maximum absolute atomic E-state index is 13.0. The zero-order valence-electron chi connectivity index (χ0n) is 17.5. The predicted octanol–water partition coefficient (Wildman–Crippen LogP) is 3.02. The van der Waals surface area contributed by atoms with Gasteiger partial charge in [-0.3, -0.25) is 14.6 Å². The molecule has 10 heteroatoms. The van der Waals surface area contributed by atoms with Crippen LogP contribution in [0.25, 0.3) is 11.4 Å². The normalized spacial score (nSPS) is 19.8. The predicted molar refractivity (Wildman–Crippen MR) is 112 cm³/mol. The number of benzene rings is 2. The molecular formula is C22H20N6O4. The van der Waals surface area contributed by atoms with Crippen LogP contribution in [0.5, 0.6) is 5.75 Å². The summed E-state index contributed by atoms with van der Waals surface area (Å²) in [5, 5.41) is 13.5. The molecule has 162 valence electrons. The van der Waals surface area contributed by atoms with E-state index < -0.39 is 18.0 Å². The summed E-state index contributed by atoms with van der Waals surface area (Å²) < 4.78 is 11.0. The van der Waals surface area contributed by atoms with Crippen LogP contribution in [-0.2, 0) is 16.1 Å². The topological polar surface area (TPSA) is 113 Å². The van der Waals surface area contributed by atoms with Gasteiger partial charge in [0, 0.05) is 5.56 Å². The minimum atomic E-state index is -0.876. The van der Waals surface area contributed by atoms with Crippen molar-refractivity contribution in [2.24, 2.45) is 10.3 Å². The van der Waals surface area contributed by atoms with E-state index in [4.69, 9.17) is 9.26 Å². The molecule has 3 heterocycles. The first-order valence-electron chi connectivity index (χ1n) is 10.2. The number of fused-ring (bicyclic) bond motifs is 1. The van der Waals surface area contributed by atoms with Crippen LogP contribution in [0.2, 0.25) is 0 Å². The summed E-state index contributed by atoms with van der Waals surface area (Å²) in [6.45, 7) is 3.98. The molecule has 2 amide bonds. The van der Waals surface area contributed by atoms with Gasteiger partial charge in [-0.2, -0.15) is 10.1 Å². The first-order chi connectivity index (χ1) is 15.5. The number of aromatic nitrogens is 2. The van der Waals surface area contributed by atoms with Gasteiger partial charge in [0.2, 0.25) is 11.7 Å². The highest BCUT2D eigenvalue weighted by Gasteiger charge is 2.55. The first-order valence-corrected chi connectivity index (χ1v) is 10.2. The van der Waals surface area contributed by atoms with Gasteiger partial charge in [0.1, 0.15) is 12.3 Å². The number of ether oxygens (including phenoxy) is 1. The van der Waals surface area contributed by atoms with Crippen molar-refractivity contribution >= 4 is 17.5 Å². The Morgan fingerprint density at radius 1 is 1.03 bits per heavy atom. The number of amides is 2. The maximum atomic E-state index is 13.0. The van der Waals surface area contributed by atoms with Crippen LogP contribution >= 0.6 is 0 Å². The van der Waals surface area contributed by atoms with E-state index in [-0.39, 0.29) is 24.4 Å². The highest BCUT2D eigenvalue weighted by Crippen LogP contribution is 2.32. The Balaban J connectivity index is 1.31. The molecule has 3 aromatic rings. The molecule has 10 nitrogen and oxygen atoms in total. The van der Waals surface area contributed by atoms with E-state index >= 15 is 0 Å². The van der Waals surface area contributed by atoms with Crippen LogP contribution in [0.4, 0.5) is 5.69 Å². The van der Waals surface area contributed by atoms with Crippen LogP contribution in [0.15, 0.2) is 69.5 Å². The Bertz CT molecular complexity index is 1170. The second-order valence-corrected chi connectivity index (χ2v) is 7.74. The third-order valence-electron chi connectivity index (χ3n) is 5.12. The van der Waals surface area contributed by atoms with Gasteiger partial charge >= 0.3 is 0 Å². The fraction of sp³-hybridized carbons (Fsp3) is 0.273. The number of rotatable bonds is 6. The SMILES string of the molecule is CC(C)Oc1ccc(-c2noc(CN3N=N[C@H]4C(=O)N(c5ccccc5)C(=O)[C@H]43)n2)cc1. The van der Waals surface area contributed by atoms with Crippen molar-refractivity contribution in [2.45, 2.75) is 38.6 Å². The maximum Gasteiger partial charge on any atom is 0.263 e. The molecule has 0 unspecified atom stereocenters. The second kappa shape index (κ2) is 7.88. The molecule has 1 aromatic heterocycles. The largest absolute Gasteiger partial charge is 0.491 e. The van der Waals surface area contributed by atoms with Gasteiger partial charge in [-0.15, -0.1) is 0 Å². The van der Waals surface area contributed by atoms with Crippen molar-refractivity contribution in [2.75, 3.05) is 4.90 Å². The van der Waals surface area contributed by atoms with E-state index in [0.29, 0.717) is 11.5 Å². The molecule has 5 rings (SSSR count). The molecule has 0 bridgehead atoms. The molecule has 2 aliphatic heterocycles. The van der Waals surface area contributed by atoms with Crippen LogP contribution in [-0.4, -0.2) is 45.2 Å². The van der Waals surface area contributed by atoms with Gasteiger partial charge in [0.25, 0.3) is 11.8 Å². The average Bonchev–Trinajstić information content (AvgIpc) is 3.47. The Morgan fingerprint density at radius 2 is 1.78 bits per heavy atom. The van der Waals surface area contributed by atoms with Crippen molar-refractivity contribution in [1.29, 1.82) is 0 Å². The van der Waals surface area contributed by atoms with Crippen LogP contribution in [0, 0.1) is 0 Å². The Labute approximate surface area is 183 Å². The van der Waals surface area contributed by atoms with Crippen LogP contribution < -0.4 is 9.64 Å². The number of nitrogens with zero attached hydrogens (tertiary/aromatic N) is 6. The summed E-state index contributed by atoms with van der Waals surface area (Å²) in [6, 6.07) is 14.4. The highest BCUT2D eigenvalue weighted by molar-refractivity contribution is 6.25. The smallest absolute Gasteiger partial charge is 0.263 e. The van der Waals surface area contributed by atoms with Gasteiger partial charge in [-0.25, -0.2) is 4.90 Å². The fourth-order valence-electron chi connectivity index (χ4n) is 3.72. The Morgan fingerprint density at radius 3 is 2.50 bits per heavy atom. The van der Waals surface area contributed by atoms with E-state index in [1.54, 1.807) is 24.3 Å². The van der Waals surface area contributed by atoms with E-state index in [9.17, 15) is 9.59 Å². The lowest BCUT2D eigenvalue weighted by atomic mass is 10.1. The van der Waals surface area contributed by atoms with Gasteiger partial charge in [0.05, 0.1) is 11.8 Å². The van der Waals surface area contributed by atoms with Gasteiger partial charge in [0.15, 0.2) is 12.1 Å². The van der Waals surface area contributed by atoms with Gasteiger partial charge < -0.3 is 9.26 Å². The van der Waals surface area contributed by atoms with E-state index in [1.165, 1.54) is 5.01 Å². The zero-order valence-corrected chi connectivity index (χ0v) is 17.5. The molecule has 0 spiro atoms. The molecule has 0 radical (unpaired) electrons. The number of hydrogen-bond donors (Lipinski definition) is 0. The summed E-state index contributed by atoms with van der Waals surface area (Å²) in [4.78, 5) is 31.3. The van der Waals surface area contributed by atoms with E-state index in [1.807, 2.05) is 44.2 Å². The summed E-state index contributed by atoms with van der Waals surface area (Å²) in [7, 11) is 0. The second-order valence-electron chi connectivity index (χ2n) is 7.74. The van der Waals surface area contributed by atoms with Crippen molar-refractivity contribution in [3.05, 3.63) is 60.5 Å². The van der Waals surface area contributed by atoms with E-state index in [0.717, 1.165) is 16.2 Å². The van der Waals surface area contributed by atoms with E-state index in [2.05, 4.69) is 20.5 Å². The quantitative estimate of drug-likeness (QED) is 0.550. The number of imide groups is 1. The number of anilines is 1. The molecule has 2 aliphatic rings. The first kappa shape index (κ1) is 19.9. The van der Waals surface area contributed by atoms with Crippen LogP contribution in [0.3, 0.4) is 0 Å². The number of carbonyl (C=O) groups is 2. The zero-order chi connectivity index (χ0) is 22.2. The lowest BCUT2D eigenvalue weighted by Crippen LogP contribution is -2.39. The summed E-state index contributed by atoms with van der Waals surface area (Å²) in [6.07, 6.45) is 0.0825. The number of para-hydroxylation sites is 1. The molecule has 0 aliphatic carbocycles. The lowest BCUT2D eigenvalue weighted by Gasteiger charge is -2.19. The summed E-state index contributed by atoms with van der Waals surface area (Å²) in [5.74, 6) is 0.650. The molecule has 0 saturated carbocycles. The monoisotopic (exact) mass is 432 g/mol. The third-order valence-corrected chi connectivity index (χ3v) is 5.12. The standard InChI is InChI=1S/C22H20N6O4/c1-13(2)31-16-10-8-14(9-11-16)20-23-17(32-25-20)12-27-19-18(24-26-27)21(29)28(22(19)30)15-6-4-3-5-7-15/h3-11,13,18-19H,12H2,1-2H3/t18-,19+/m1/s1. The fourth-order valence-corrected chi connectivity index (χ4v) is 3.72. The average molecular weight is 432 g/mol. The van der Waals surface area contributed by atoms with Crippen molar-refractivity contribution in [3.63, 3.8) is 0 Å². The molecule has 0 N–H and O–H groups in total. The molecule has 32 heavy (non-hydrogen) atoms. The Hall–Kier alpha value is -4.08. The molecule has 2 aromatic carbocycles. The molecule has 1 fully saturated rings. The molecule has 2 atom stereocenters. The van der Waals surface area contributed by atoms with Crippen molar-refractivity contribution in [3.8, 4) is 17.1 Å². The molecular weight excluding hydrogens is 412 g/mol. The summed E-state index contributed by atoms with van der Waals surface area (Å²) in [5.41, 5.74) is 1.27. The van der Waals surface area contributed by atoms with Gasteiger partial charge in [-0.1, -0.05) is 28.6 Å². The molecule has 1 saturated heterocycles. The Kier molecular flexibility index (Phi) is 4.89. The van der Waals surface area contributed by atoms with Crippen molar-refractivity contribution in [1.82, 2.24) is 15.1 Å². The minimum absolute atomic E-state index is 0.0634. The van der Waals surface area contributed by atoms with Crippen LogP contribution in [0.1, 0.15) is 19.7 Å². The minimum Gasteiger partial charge on any atom is -0.491 e. The third kappa shape index (κ3) is 3.49.